The number of hydrogen-bond acceptors (Lipinski definition) is 4. The van der Waals surface area contributed by atoms with Gasteiger partial charge in [-0.25, -0.2) is 4.79 Å². The molecule has 0 unspecified atom stereocenters. The van der Waals surface area contributed by atoms with Crippen LogP contribution in [0.15, 0.2) is 24.3 Å². The largest absolute Gasteiger partial charge is 0.353 e. The van der Waals surface area contributed by atoms with Crippen molar-refractivity contribution < 1.29 is 17.4 Å². The van der Waals surface area contributed by atoms with E-state index in [9.17, 15) is 13.2 Å². The van der Waals surface area contributed by atoms with E-state index in [0.717, 1.165) is 11.9 Å². The Hall–Kier alpha value is -1.84. The molecule has 0 aromatic heterocycles. The van der Waals surface area contributed by atoms with Crippen molar-refractivity contribution in [3.05, 3.63) is 29.8 Å². The van der Waals surface area contributed by atoms with Crippen LogP contribution >= 0.6 is 0 Å². The zero-order valence-corrected chi connectivity index (χ0v) is 11.9. The van der Waals surface area contributed by atoms with E-state index >= 15 is 0 Å². The molecule has 1 rings (SSSR count). The number of carbonyl (C=O) groups excluding carboxylic acids is 1. The number of carbonyl (C=O) groups is 1. The van der Waals surface area contributed by atoms with E-state index in [1.807, 2.05) is 14.1 Å². The minimum atomic E-state index is -3.80. The predicted octanol–water partition coefficient (Wildman–Crippen LogP) is 1.00. The lowest BCUT2D eigenvalue weighted by Gasteiger charge is -2.26. The van der Waals surface area contributed by atoms with Gasteiger partial charge in [-0.1, -0.05) is 0 Å². The van der Waals surface area contributed by atoms with Crippen LogP contribution in [0.3, 0.4) is 0 Å². The minimum Gasteiger partial charge on any atom is -0.341 e. The number of benzene rings is 1. The summed E-state index contributed by atoms with van der Waals surface area (Å²) < 4.78 is 26.5. The van der Waals surface area contributed by atoms with Gasteiger partial charge in [-0.3, -0.25) is 4.48 Å². The van der Waals surface area contributed by atoms with Crippen molar-refractivity contribution in [1.82, 2.24) is 4.48 Å². The van der Waals surface area contributed by atoms with Gasteiger partial charge in [-0.2, -0.15) is 8.42 Å². The van der Waals surface area contributed by atoms with E-state index in [2.05, 4.69) is 10.1 Å². The van der Waals surface area contributed by atoms with Gasteiger partial charge in [0.2, 0.25) is 0 Å². The fourth-order valence-corrected chi connectivity index (χ4v) is 1.88. The zero-order valence-electron chi connectivity index (χ0n) is 11.1. The molecular weight excluding hydrogens is 266 g/mol. The molecule has 0 spiro atoms. The Bertz CT molecular complexity index is 609. The highest BCUT2D eigenvalue weighted by atomic mass is 32.2. The van der Waals surface area contributed by atoms with Crippen molar-refractivity contribution in [2.24, 2.45) is 0 Å². The van der Waals surface area contributed by atoms with E-state index in [1.165, 1.54) is 12.1 Å². The monoisotopic (exact) mass is 282 g/mol. The highest BCUT2D eigenvalue weighted by molar-refractivity contribution is 7.86. The highest BCUT2D eigenvalue weighted by Crippen LogP contribution is 2.19. The van der Waals surface area contributed by atoms with Crippen LogP contribution in [0.2, 0.25) is 0 Å². The third-order valence-corrected chi connectivity index (χ3v) is 2.97. The SMILES string of the molecule is C#CC[N+](C)(C)c1ccc(C(=O)OS(C)(=O)=O)cc1. The molecule has 1 aromatic carbocycles. The van der Waals surface area contributed by atoms with Crippen LogP contribution in [0.25, 0.3) is 0 Å². The van der Waals surface area contributed by atoms with Crippen LogP contribution in [0.5, 0.6) is 0 Å². The second-order valence-corrected chi connectivity index (χ2v) is 6.24. The zero-order chi connectivity index (χ0) is 14.7. The van der Waals surface area contributed by atoms with Crippen molar-refractivity contribution in [1.29, 1.82) is 0 Å². The Morgan fingerprint density at radius 3 is 2.26 bits per heavy atom. The first-order valence-corrected chi connectivity index (χ1v) is 7.28. The molecule has 0 saturated heterocycles. The summed E-state index contributed by atoms with van der Waals surface area (Å²) in [4.78, 5) is 11.5. The van der Waals surface area contributed by atoms with E-state index in [-0.39, 0.29) is 5.56 Å². The fraction of sp³-hybridized carbons (Fsp3) is 0.308. The topological polar surface area (TPSA) is 60.4 Å². The minimum absolute atomic E-state index is 0.176. The van der Waals surface area contributed by atoms with Crippen LogP contribution in [-0.2, 0) is 14.3 Å². The Labute approximate surface area is 113 Å². The van der Waals surface area contributed by atoms with Crippen molar-refractivity contribution in [2.45, 2.75) is 0 Å². The standard InChI is InChI=1S/C13H16NO4S/c1-5-10-14(2,3)12-8-6-11(7-9-12)13(15)18-19(4,16)17/h1,6-9H,10H2,2-4H3/q+1. The normalized spacial score (nSPS) is 11.7. The van der Waals surface area contributed by atoms with Crippen molar-refractivity contribution in [3.8, 4) is 12.3 Å². The Balaban J connectivity index is 2.95. The summed E-state index contributed by atoms with van der Waals surface area (Å²) in [6.45, 7) is 0.507. The first-order chi connectivity index (χ1) is 8.65. The van der Waals surface area contributed by atoms with Crippen LogP contribution in [0.4, 0.5) is 5.69 Å². The molecule has 0 bridgehead atoms. The molecule has 1 aromatic rings. The van der Waals surface area contributed by atoms with Gasteiger partial charge in [0.1, 0.15) is 12.2 Å². The number of quaternary nitrogens is 1. The second kappa shape index (κ2) is 5.43. The van der Waals surface area contributed by atoms with E-state index in [4.69, 9.17) is 6.42 Å². The molecule has 0 aliphatic carbocycles. The third-order valence-electron chi connectivity index (χ3n) is 2.52. The molecule has 0 radical (unpaired) electrons. The summed E-state index contributed by atoms with van der Waals surface area (Å²) in [7, 11) is 0.0698. The predicted molar refractivity (Wildman–Crippen MR) is 74.0 cm³/mol. The molecule has 0 atom stereocenters. The molecule has 0 saturated carbocycles. The average Bonchev–Trinajstić information content (AvgIpc) is 2.27. The van der Waals surface area contributed by atoms with E-state index < -0.39 is 16.1 Å². The van der Waals surface area contributed by atoms with Gasteiger partial charge in [-0.05, 0) is 30.2 Å². The van der Waals surface area contributed by atoms with Gasteiger partial charge < -0.3 is 4.18 Å². The molecule has 19 heavy (non-hydrogen) atoms. The lowest BCUT2D eigenvalue weighted by Crippen LogP contribution is -2.40. The fourth-order valence-electron chi connectivity index (χ4n) is 1.51. The summed E-state index contributed by atoms with van der Waals surface area (Å²) in [6.07, 6.45) is 6.12. The molecule has 0 aliphatic rings. The Morgan fingerprint density at radius 1 is 1.32 bits per heavy atom. The van der Waals surface area contributed by atoms with Crippen molar-refractivity contribution in [3.63, 3.8) is 0 Å². The number of hydrogen-bond donors (Lipinski definition) is 0. The number of terminal acetylenes is 1. The van der Waals surface area contributed by atoms with Crippen LogP contribution in [-0.4, -0.2) is 41.3 Å². The molecule has 0 aliphatic heterocycles. The molecule has 102 valence electrons. The maximum Gasteiger partial charge on any atom is 0.353 e. The van der Waals surface area contributed by atoms with Crippen LogP contribution in [0.1, 0.15) is 10.4 Å². The third kappa shape index (κ3) is 4.39. The maximum absolute atomic E-state index is 11.5. The van der Waals surface area contributed by atoms with Crippen LogP contribution in [0, 0.1) is 12.3 Å². The summed E-state index contributed by atoms with van der Waals surface area (Å²) >= 11 is 0. The number of rotatable bonds is 4. The quantitative estimate of drug-likeness (QED) is 0.470. The molecule has 0 N–H and O–H groups in total. The van der Waals surface area contributed by atoms with Gasteiger partial charge in [0.05, 0.1) is 25.9 Å². The molecule has 0 heterocycles. The maximum atomic E-state index is 11.5. The van der Waals surface area contributed by atoms with Gasteiger partial charge in [0.25, 0.3) is 0 Å². The van der Waals surface area contributed by atoms with Crippen molar-refractivity contribution >= 4 is 21.8 Å². The first-order valence-electron chi connectivity index (χ1n) is 5.46. The lowest BCUT2D eigenvalue weighted by molar-refractivity contribution is 0.0748. The van der Waals surface area contributed by atoms with Gasteiger partial charge in [0, 0.05) is 0 Å². The van der Waals surface area contributed by atoms with Crippen LogP contribution < -0.4 is 4.48 Å². The lowest BCUT2D eigenvalue weighted by atomic mass is 10.2. The second-order valence-electron chi connectivity index (χ2n) is 4.67. The average molecular weight is 282 g/mol. The summed E-state index contributed by atoms with van der Waals surface area (Å²) in [6, 6.07) is 6.46. The molecular formula is C13H16NO4S+. The van der Waals surface area contributed by atoms with Gasteiger partial charge in [-0.15, -0.1) is 6.42 Å². The Kier molecular flexibility index (Phi) is 4.35. The van der Waals surface area contributed by atoms with E-state index in [1.54, 1.807) is 12.1 Å². The summed E-state index contributed by atoms with van der Waals surface area (Å²) in [5.74, 6) is 1.68. The van der Waals surface area contributed by atoms with Gasteiger partial charge in [0.15, 0.2) is 0 Å². The smallest absolute Gasteiger partial charge is 0.341 e. The molecule has 0 amide bonds. The molecule has 5 nitrogen and oxygen atoms in total. The first kappa shape index (κ1) is 15.2. The summed E-state index contributed by atoms with van der Waals surface area (Å²) in [5, 5.41) is 0. The molecule has 6 heteroatoms. The van der Waals surface area contributed by atoms with Crippen molar-refractivity contribution in [2.75, 3.05) is 26.9 Å². The number of nitrogens with zero attached hydrogens (tertiary/aromatic N) is 1. The van der Waals surface area contributed by atoms with E-state index in [0.29, 0.717) is 11.0 Å². The van der Waals surface area contributed by atoms with Gasteiger partial charge >= 0.3 is 16.1 Å². The Morgan fingerprint density at radius 2 is 1.84 bits per heavy atom. The molecule has 0 fully saturated rings. The highest BCUT2D eigenvalue weighted by Gasteiger charge is 2.19. The summed E-state index contributed by atoms with van der Waals surface area (Å²) in [5.41, 5.74) is 1.09.